The molecule has 5 atom stereocenters. The molecule has 5 rings (SSSR count). The number of carbonyl (C=O) groups excluding carboxylic acids is 1. The van der Waals surface area contributed by atoms with Crippen molar-refractivity contribution in [1.29, 1.82) is 0 Å². The third-order valence-electron chi connectivity index (χ3n) is 7.39. The predicted octanol–water partition coefficient (Wildman–Crippen LogP) is 0.753. The van der Waals surface area contributed by atoms with Crippen LogP contribution in [0, 0.1) is 18.3 Å². The molecule has 5 N–H and O–H groups in total. The van der Waals surface area contributed by atoms with E-state index in [1.54, 1.807) is 30.3 Å². The summed E-state index contributed by atoms with van der Waals surface area (Å²) in [4.78, 5) is 38.2. The number of aliphatic hydroxyl groups is 2. The number of rotatable bonds is 11. The van der Waals surface area contributed by atoms with Gasteiger partial charge in [-0.25, -0.2) is 9.78 Å². The normalized spacial score (nSPS) is 25.4. The average molecular weight is 585 g/mol. The standard InChI is InChI=1S/C27H29ClN6O7/c1-3-26(39)17(13-40-27(24(37)38,23(36)29-2)11-15-7-5-4-6-8-15)41-22(19(26)35)34-14-31-18-20(30-12-16-9-10-16)32-25(28)33-21(18)34/h1,4-8,14,16-17,19,22,35,39H,9-13H2,2H3,(H,29,36)(H,37,38)(H,30,32,33)/t17-,19+,22-,26-,27?/m1/s1. The Morgan fingerprint density at radius 2 is 2.05 bits per heavy atom. The Morgan fingerprint density at radius 1 is 1.32 bits per heavy atom. The van der Waals surface area contributed by atoms with E-state index >= 15 is 0 Å². The highest BCUT2D eigenvalue weighted by atomic mass is 35.5. The number of halogens is 1. The first-order valence-electron chi connectivity index (χ1n) is 12.9. The molecule has 3 heterocycles. The second-order valence-corrected chi connectivity index (χ2v) is 10.4. The summed E-state index contributed by atoms with van der Waals surface area (Å²) in [6.07, 6.45) is 4.41. The van der Waals surface area contributed by atoms with Crippen LogP contribution in [0.1, 0.15) is 24.6 Å². The maximum atomic E-state index is 12.9. The number of nitrogens with zero attached hydrogens (tertiary/aromatic N) is 4. The first-order valence-corrected chi connectivity index (χ1v) is 13.3. The summed E-state index contributed by atoms with van der Waals surface area (Å²) in [5.41, 5.74) is -3.62. The number of aromatic nitrogens is 4. The van der Waals surface area contributed by atoms with Crippen LogP contribution in [0.2, 0.25) is 5.28 Å². The Kier molecular flexibility index (Phi) is 7.87. The van der Waals surface area contributed by atoms with E-state index in [1.807, 2.05) is 0 Å². The number of fused-ring (bicyclic) bond motifs is 1. The largest absolute Gasteiger partial charge is 0.479 e. The number of benzene rings is 1. The van der Waals surface area contributed by atoms with Crippen LogP contribution in [-0.4, -0.2) is 90.3 Å². The van der Waals surface area contributed by atoms with E-state index in [4.69, 9.17) is 27.5 Å². The second kappa shape index (κ2) is 11.2. The summed E-state index contributed by atoms with van der Waals surface area (Å²) in [5, 5.41) is 38.1. The summed E-state index contributed by atoms with van der Waals surface area (Å²) >= 11 is 6.18. The van der Waals surface area contributed by atoms with Gasteiger partial charge in [-0.15, -0.1) is 6.42 Å². The van der Waals surface area contributed by atoms with E-state index in [-0.39, 0.29) is 17.4 Å². The van der Waals surface area contributed by atoms with Crippen molar-refractivity contribution < 1.29 is 34.4 Å². The average Bonchev–Trinajstić information content (AvgIpc) is 3.66. The van der Waals surface area contributed by atoms with Gasteiger partial charge in [0.1, 0.15) is 12.2 Å². The third-order valence-corrected chi connectivity index (χ3v) is 7.56. The fourth-order valence-corrected chi connectivity index (χ4v) is 4.98. The fourth-order valence-electron chi connectivity index (χ4n) is 4.81. The Labute approximate surface area is 239 Å². The molecule has 2 fully saturated rings. The highest BCUT2D eigenvalue weighted by Gasteiger charge is 2.57. The van der Waals surface area contributed by atoms with Crippen molar-refractivity contribution in [2.45, 2.75) is 48.9 Å². The number of carbonyl (C=O) groups is 2. The molecule has 216 valence electrons. The Morgan fingerprint density at radius 3 is 2.68 bits per heavy atom. The van der Waals surface area contributed by atoms with Gasteiger partial charge in [0.15, 0.2) is 28.8 Å². The van der Waals surface area contributed by atoms with E-state index in [0.29, 0.717) is 29.4 Å². The summed E-state index contributed by atoms with van der Waals surface area (Å²) in [7, 11) is 1.28. The number of anilines is 1. The van der Waals surface area contributed by atoms with Crippen molar-refractivity contribution in [2.24, 2.45) is 5.92 Å². The van der Waals surface area contributed by atoms with Gasteiger partial charge in [0, 0.05) is 20.0 Å². The van der Waals surface area contributed by atoms with Crippen LogP contribution in [0.3, 0.4) is 0 Å². The lowest BCUT2D eigenvalue weighted by Crippen LogP contribution is -2.57. The van der Waals surface area contributed by atoms with E-state index in [9.17, 15) is 24.9 Å². The molecule has 1 aliphatic heterocycles. The lowest BCUT2D eigenvalue weighted by Gasteiger charge is -2.31. The van der Waals surface area contributed by atoms with Crippen LogP contribution >= 0.6 is 11.6 Å². The SMILES string of the molecule is C#C[C@@]1(O)[C@@H](COC(Cc2ccccc2)(C(=O)O)C(=O)NC)O[C@@H](n2cnc3c(NCC4CC4)nc(Cl)nc32)[C@@H]1O. The molecule has 1 amide bonds. The predicted molar refractivity (Wildman–Crippen MR) is 146 cm³/mol. The Balaban J connectivity index is 1.43. The summed E-state index contributed by atoms with van der Waals surface area (Å²) in [6, 6.07) is 8.44. The Bertz CT molecular complexity index is 1490. The molecular weight excluding hydrogens is 556 g/mol. The first-order chi connectivity index (χ1) is 19.6. The monoisotopic (exact) mass is 584 g/mol. The quantitative estimate of drug-likeness (QED) is 0.122. The Hall–Kier alpha value is -3.80. The van der Waals surface area contributed by atoms with Gasteiger partial charge in [0.2, 0.25) is 10.9 Å². The van der Waals surface area contributed by atoms with Crippen molar-refractivity contribution in [1.82, 2.24) is 24.8 Å². The van der Waals surface area contributed by atoms with Gasteiger partial charge >= 0.3 is 5.97 Å². The molecule has 13 nitrogen and oxygen atoms in total. The highest BCUT2D eigenvalue weighted by molar-refractivity contribution is 6.28. The molecule has 1 unspecified atom stereocenters. The molecule has 0 bridgehead atoms. The number of hydrogen-bond acceptors (Lipinski definition) is 10. The number of aliphatic hydroxyl groups excluding tert-OH is 1. The van der Waals surface area contributed by atoms with Crippen LogP contribution in [-0.2, 0) is 25.5 Å². The number of ether oxygens (including phenoxy) is 2. The smallest absolute Gasteiger partial charge is 0.346 e. The van der Waals surface area contributed by atoms with Crippen molar-refractivity contribution in [3.05, 3.63) is 47.5 Å². The number of carboxylic acid groups (broad SMARTS) is 1. The van der Waals surface area contributed by atoms with Crippen molar-refractivity contribution in [3.8, 4) is 12.3 Å². The van der Waals surface area contributed by atoms with Gasteiger partial charge in [0.25, 0.3) is 5.91 Å². The van der Waals surface area contributed by atoms with Crippen molar-refractivity contribution in [2.75, 3.05) is 25.5 Å². The molecule has 14 heteroatoms. The minimum absolute atomic E-state index is 0.0742. The van der Waals surface area contributed by atoms with Crippen LogP contribution in [0.15, 0.2) is 36.7 Å². The topological polar surface area (TPSA) is 181 Å². The molecule has 1 saturated heterocycles. The number of carboxylic acids is 1. The number of aliphatic carboxylic acids is 1. The van der Waals surface area contributed by atoms with Gasteiger partial charge in [-0.2, -0.15) is 9.97 Å². The lowest BCUT2D eigenvalue weighted by molar-refractivity contribution is -0.181. The van der Waals surface area contributed by atoms with E-state index in [2.05, 4.69) is 31.5 Å². The van der Waals surface area contributed by atoms with Crippen LogP contribution in [0.5, 0.6) is 0 Å². The number of nitrogens with one attached hydrogen (secondary N) is 2. The van der Waals surface area contributed by atoms with Gasteiger partial charge in [0.05, 0.1) is 12.9 Å². The lowest BCUT2D eigenvalue weighted by atomic mass is 9.91. The van der Waals surface area contributed by atoms with Gasteiger partial charge in [-0.3, -0.25) is 9.36 Å². The summed E-state index contributed by atoms with van der Waals surface area (Å²) in [6.45, 7) is 0.0329. The minimum atomic E-state index is -2.39. The number of amides is 1. The van der Waals surface area contributed by atoms with Gasteiger partial charge in [-0.05, 0) is 35.9 Å². The first kappa shape index (κ1) is 28.7. The molecule has 3 aromatic rings. The molecular formula is C27H29ClN6O7. The maximum absolute atomic E-state index is 12.9. The second-order valence-electron chi connectivity index (χ2n) is 10.1. The fraction of sp³-hybridized carbons (Fsp3) is 0.444. The van der Waals surface area contributed by atoms with Crippen molar-refractivity contribution in [3.63, 3.8) is 0 Å². The number of terminal acetylenes is 1. The zero-order valence-electron chi connectivity index (χ0n) is 22.0. The molecule has 1 aromatic carbocycles. The third kappa shape index (κ3) is 5.32. The zero-order chi connectivity index (χ0) is 29.4. The van der Waals surface area contributed by atoms with Crippen LogP contribution < -0.4 is 10.6 Å². The minimum Gasteiger partial charge on any atom is -0.479 e. The van der Waals surface area contributed by atoms with E-state index in [0.717, 1.165) is 12.8 Å². The van der Waals surface area contributed by atoms with E-state index in [1.165, 1.54) is 17.9 Å². The summed E-state index contributed by atoms with van der Waals surface area (Å²) < 4.78 is 13.1. The molecule has 1 saturated carbocycles. The van der Waals surface area contributed by atoms with Gasteiger partial charge in [-0.1, -0.05) is 36.3 Å². The maximum Gasteiger partial charge on any atom is 0.346 e. The van der Waals surface area contributed by atoms with E-state index < -0.39 is 48.1 Å². The van der Waals surface area contributed by atoms with Crippen molar-refractivity contribution >= 4 is 40.5 Å². The molecule has 41 heavy (non-hydrogen) atoms. The number of likely N-dealkylation sites (N-methyl/N-ethyl adjacent to an activating group) is 1. The van der Waals surface area contributed by atoms with Crippen LogP contribution in [0.4, 0.5) is 5.82 Å². The highest BCUT2D eigenvalue weighted by Crippen LogP contribution is 2.40. The zero-order valence-corrected chi connectivity index (χ0v) is 22.8. The molecule has 0 spiro atoms. The molecule has 2 aliphatic rings. The number of hydrogen-bond donors (Lipinski definition) is 5. The summed E-state index contributed by atoms with van der Waals surface area (Å²) in [5.74, 6) is 0.616. The number of imidazole rings is 1. The molecule has 1 aliphatic carbocycles. The van der Waals surface area contributed by atoms with Gasteiger partial charge < -0.3 is 35.4 Å². The molecule has 2 aromatic heterocycles. The molecule has 0 radical (unpaired) electrons. The van der Waals surface area contributed by atoms with Crippen LogP contribution in [0.25, 0.3) is 11.2 Å².